The van der Waals surface area contributed by atoms with Gasteiger partial charge in [0.2, 0.25) is 0 Å². The molecule has 0 aliphatic heterocycles. The third-order valence-corrected chi connectivity index (χ3v) is 4.00. The van der Waals surface area contributed by atoms with Crippen molar-refractivity contribution < 1.29 is 0 Å². The third-order valence-electron chi connectivity index (χ3n) is 3.39. The zero-order valence-electron chi connectivity index (χ0n) is 10.5. The van der Waals surface area contributed by atoms with Crippen molar-refractivity contribution in [1.82, 2.24) is 9.78 Å². The fraction of sp³-hybridized carbons (Fsp3) is 0.769. The normalized spacial score (nSPS) is 19.0. The van der Waals surface area contributed by atoms with Crippen molar-refractivity contribution in [1.29, 1.82) is 0 Å². The van der Waals surface area contributed by atoms with Gasteiger partial charge in [0.05, 0.1) is 21.9 Å². The molecule has 1 aliphatic rings. The van der Waals surface area contributed by atoms with Gasteiger partial charge in [0, 0.05) is 5.92 Å². The molecule has 1 aromatic rings. The van der Waals surface area contributed by atoms with E-state index in [4.69, 9.17) is 0 Å². The zero-order valence-corrected chi connectivity index (χ0v) is 12.0. The highest BCUT2D eigenvalue weighted by atomic mass is 79.9. The van der Waals surface area contributed by atoms with Crippen LogP contribution >= 0.6 is 15.9 Å². The molecule has 2 nitrogen and oxygen atoms in total. The summed E-state index contributed by atoms with van der Waals surface area (Å²) < 4.78 is 3.39. The molecule has 0 N–H and O–H groups in total. The van der Waals surface area contributed by atoms with Crippen LogP contribution in [-0.2, 0) is 5.54 Å². The lowest BCUT2D eigenvalue weighted by Gasteiger charge is -2.28. The number of rotatable bonds is 1. The molecule has 0 unspecified atom stereocenters. The average molecular weight is 285 g/mol. The number of hydrogen-bond acceptors (Lipinski definition) is 1. The van der Waals surface area contributed by atoms with Gasteiger partial charge >= 0.3 is 0 Å². The van der Waals surface area contributed by atoms with Gasteiger partial charge in [0.15, 0.2) is 0 Å². The van der Waals surface area contributed by atoms with Crippen LogP contribution in [0.5, 0.6) is 0 Å². The molecule has 3 heteroatoms. The van der Waals surface area contributed by atoms with Crippen LogP contribution in [0, 0.1) is 0 Å². The monoisotopic (exact) mass is 284 g/mol. The molecule has 0 saturated heterocycles. The van der Waals surface area contributed by atoms with E-state index in [1.165, 1.54) is 42.3 Å². The topological polar surface area (TPSA) is 17.8 Å². The molecule has 1 aromatic heterocycles. The molecule has 2 rings (SSSR count). The molecule has 1 saturated carbocycles. The van der Waals surface area contributed by atoms with Crippen LogP contribution in [0.15, 0.2) is 10.7 Å². The minimum absolute atomic E-state index is 0.0821. The summed E-state index contributed by atoms with van der Waals surface area (Å²) in [6, 6.07) is 0. The largest absolute Gasteiger partial charge is 0.263 e. The van der Waals surface area contributed by atoms with Gasteiger partial charge in [0.1, 0.15) is 0 Å². The summed E-state index contributed by atoms with van der Waals surface area (Å²) in [7, 11) is 0. The van der Waals surface area contributed by atoms with Gasteiger partial charge in [-0.3, -0.25) is 4.68 Å². The van der Waals surface area contributed by atoms with Gasteiger partial charge < -0.3 is 0 Å². The molecule has 0 aromatic carbocycles. The average Bonchev–Trinajstić information content (AvgIpc) is 2.61. The molecular weight excluding hydrogens is 264 g/mol. The van der Waals surface area contributed by atoms with E-state index in [1.54, 1.807) is 0 Å². The predicted molar refractivity (Wildman–Crippen MR) is 70.7 cm³/mol. The summed E-state index contributed by atoms with van der Waals surface area (Å²) in [5, 5.41) is 4.53. The van der Waals surface area contributed by atoms with Crippen LogP contribution in [0.2, 0.25) is 0 Å². The number of hydrogen-bond donors (Lipinski definition) is 0. The maximum Gasteiger partial charge on any atom is 0.0635 e. The van der Waals surface area contributed by atoms with Crippen molar-refractivity contribution in [2.45, 2.75) is 64.3 Å². The summed E-state index contributed by atoms with van der Waals surface area (Å²) >= 11 is 3.66. The minimum atomic E-state index is 0.0821. The van der Waals surface area contributed by atoms with Crippen molar-refractivity contribution >= 4 is 15.9 Å². The van der Waals surface area contributed by atoms with E-state index >= 15 is 0 Å². The first-order valence-electron chi connectivity index (χ1n) is 6.24. The molecule has 90 valence electrons. The van der Waals surface area contributed by atoms with Crippen molar-refractivity contribution in [3.8, 4) is 0 Å². The van der Waals surface area contributed by atoms with E-state index in [9.17, 15) is 0 Å². The number of halogens is 1. The van der Waals surface area contributed by atoms with Crippen molar-refractivity contribution in [3.05, 3.63) is 16.4 Å². The molecule has 1 fully saturated rings. The lowest BCUT2D eigenvalue weighted by Crippen LogP contribution is -2.27. The molecule has 0 amide bonds. The van der Waals surface area contributed by atoms with E-state index in [2.05, 4.69) is 46.5 Å². The van der Waals surface area contributed by atoms with Crippen molar-refractivity contribution in [2.24, 2.45) is 0 Å². The Morgan fingerprint density at radius 2 is 1.88 bits per heavy atom. The predicted octanol–water partition coefficient (Wildman–Crippen LogP) is 4.45. The lowest BCUT2D eigenvalue weighted by molar-refractivity contribution is 0.318. The molecular formula is C13H21BrN2. The summed E-state index contributed by atoms with van der Waals surface area (Å²) in [5.41, 5.74) is 1.49. The minimum Gasteiger partial charge on any atom is -0.263 e. The highest BCUT2D eigenvalue weighted by molar-refractivity contribution is 9.10. The van der Waals surface area contributed by atoms with E-state index in [1.807, 2.05) is 6.20 Å². The van der Waals surface area contributed by atoms with Crippen LogP contribution in [-0.4, -0.2) is 9.78 Å². The van der Waals surface area contributed by atoms with Crippen LogP contribution in [0.3, 0.4) is 0 Å². The summed E-state index contributed by atoms with van der Waals surface area (Å²) in [5.74, 6) is 0.699. The molecule has 0 atom stereocenters. The Labute approximate surface area is 107 Å². The van der Waals surface area contributed by atoms with Crippen LogP contribution in [0.25, 0.3) is 0 Å². The molecule has 0 radical (unpaired) electrons. The second kappa shape index (κ2) is 4.52. The lowest BCUT2D eigenvalue weighted by atomic mass is 9.86. The molecule has 1 aliphatic carbocycles. The standard InChI is InChI=1S/C13H21BrN2/c1-13(2,3)16-12(11(14)9-15-16)10-7-5-4-6-8-10/h9-10H,4-8H2,1-3H3. The molecule has 0 bridgehead atoms. The van der Waals surface area contributed by atoms with Gasteiger partial charge in [-0.05, 0) is 49.5 Å². The smallest absolute Gasteiger partial charge is 0.0635 e. The second-order valence-electron chi connectivity index (χ2n) is 5.80. The van der Waals surface area contributed by atoms with E-state index < -0.39 is 0 Å². The summed E-state index contributed by atoms with van der Waals surface area (Å²) in [4.78, 5) is 0. The van der Waals surface area contributed by atoms with Gasteiger partial charge in [-0.15, -0.1) is 0 Å². The number of nitrogens with zero attached hydrogens (tertiary/aromatic N) is 2. The van der Waals surface area contributed by atoms with Crippen LogP contribution < -0.4 is 0 Å². The maximum absolute atomic E-state index is 4.53. The Hall–Kier alpha value is -0.310. The van der Waals surface area contributed by atoms with Gasteiger partial charge in [-0.2, -0.15) is 5.10 Å². The molecule has 0 spiro atoms. The third kappa shape index (κ3) is 2.34. The van der Waals surface area contributed by atoms with Crippen molar-refractivity contribution in [3.63, 3.8) is 0 Å². The molecule has 1 heterocycles. The fourth-order valence-corrected chi connectivity index (χ4v) is 3.20. The second-order valence-corrected chi connectivity index (χ2v) is 6.65. The first-order valence-corrected chi connectivity index (χ1v) is 7.03. The summed E-state index contributed by atoms with van der Waals surface area (Å²) in [6.07, 6.45) is 8.73. The molecule has 16 heavy (non-hydrogen) atoms. The van der Waals surface area contributed by atoms with Crippen LogP contribution in [0.4, 0.5) is 0 Å². The van der Waals surface area contributed by atoms with E-state index in [-0.39, 0.29) is 5.54 Å². The number of aromatic nitrogens is 2. The Bertz CT molecular complexity index is 356. The summed E-state index contributed by atoms with van der Waals surface area (Å²) in [6.45, 7) is 6.66. The van der Waals surface area contributed by atoms with Crippen LogP contribution in [0.1, 0.15) is 64.5 Å². The van der Waals surface area contributed by atoms with Gasteiger partial charge in [-0.25, -0.2) is 0 Å². The van der Waals surface area contributed by atoms with Crippen molar-refractivity contribution in [2.75, 3.05) is 0 Å². The Morgan fingerprint density at radius 1 is 1.25 bits per heavy atom. The maximum atomic E-state index is 4.53. The van der Waals surface area contributed by atoms with E-state index in [0.29, 0.717) is 5.92 Å². The highest BCUT2D eigenvalue weighted by Crippen LogP contribution is 2.38. The van der Waals surface area contributed by atoms with Gasteiger partial charge in [0.25, 0.3) is 0 Å². The Morgan fingerprint density at radius 3 is 2.44 bits per heavy atom. The zero-order chi connectivity index (χ0) is 11.8. The Kier molecular flexibility index (Phi) is 3.43. The quantitative estimate of drug-likeness (QED) is 0.745. The first kappa shape index (κ1) is 12.2. The Balaban J connectivity index is 2.34. The first-order chi connectivity index (χ1) is 7.50. The fourth-order valence-electron chi connectivity index (χ4n) is 2.62. The highest BCUT2D eigenvalue weighted by Gasteiger charge is 2.26. The SMILES string of the molecule is CC(C)(C)n1ncc(Br)c1C1CCCCC1. The van der Waals surface area contributed by atoms with Gasteiger partial charge in [-0.1, -0.05) is 19.3 Å². The van der Waals surface area contributed by atoms with E-state index in [0.717, 1.165) is 0 Å².